The second-order valence-corrected chi connectivity index (χ2v) is 7.29. The Morgan fingerprint density at radius 2 is 2.03 bits per heavy atom. The topological polar surface area (TPSA) is 89.1 Å². The van der Waals surface area contributed by atoms with E-state index in [2.05, 4.69) is 10.4 Å². The molecule has 0 radical (unpaired) electrons. The molecular formula is C22H20N4O4. The minimum absolute atomic E-state index is 0.0222. The number of carbonyl (C=O) groups excluding carboxylic acids is 2. The van der Waals surface area contributed by atoms with Crippen molar-refractivity contribution >= 4 is 28.3 Å². The van der Waals surface area contributed by atoms with E-state index in [1.54, 1.807) is 42.2 Å². The third kappa shape index (κ3) is 2.88. The van der Waals surface area contributed by atoms with E-state index in [1.165, 1.54) is 0 Å². The molecule has 1 fully saturated rings. The van der Waals surface area contributed by atoms with Crippen LogP contribution in [0.5, 0.6) is 11.5 Å². The van der Waals surface area contributed by atoms with Crippen LogP contribution in [0, 0.1) is 6.92 Å². The van der Waals surface area contributed by atoms with Crippen LogP contribution in [0.1, 0.15) is 32.9 Å². The zero-order chi connectivity index (χ0) is 20.8. The lowest BCUT2D eigenvalue weighted by atomic mass is 10.1. The first-order chi connectivity index (χ1) is 14.5. The Kier molecular flexibility index (Phi) is 4.20. The van der Waals surface area contributed by atoms with E-state index >= 15 is 0 Å². The Bertz CT molecular complexity index is 1300. The quantitative estimate of drug-likeness (QED) is 0.563. The summed E-state index contributed by atoms with van der Waals surface area (Å²) in [4.78, 5) is 26.3. The van der Waals surface area contributed by atoms with Crippen LogP contribution in [0.4, 0.5) is 0 Å². The largest absolute Gasteiger partial charge is 0.455 e. The molecule has 0 spiro atoms. The van der Waals surface area contributed by atoms with E-state index in [0.717, 1.165) is 36.0 Å². The first kappa shape index (κ1) is 18.2. The van der Waals surface area contributed by atoms with Crippen LogP contribution in [0.2, 0.25) is 0 Å². The third-order valence-electron chi connectivity index (χ3n) is 5.43. The van der Waals surface area contributed by atoms with E-state index in [9.17, 15) is 9.59 Å². The standard InChI is InChI=1S/C22H20N4O4/c1-13-16(22(28)25-8-3-9-25)12-26-20(13)17(6-7-24-26)29-15-5-4-14-10-19(21(27)23-2)30-18(14)11-15/h4-7,10-12H,3,8-9H2,1-2H3,(H,23,27). The highest BCUT2D eigenvalue weighted by atomic mass is 16.5. The molecule has 2 amide bonds. The first-order valence-electron chi connectivity index (χ1n) is 9.75. The number of benzene rings is 1. The Hall–Kier alpha value is -3.81. The van der Waals surface area contributed by atoms with Crippen LogP contribution < -0.4 is 10.1 Å². The Labute approximate surface area is 172 Å². The Balaban J connectivity index is 1.51. The number of carbonyl (C=O) groups is 2. The minimum atomic E-state index is -0.285. The molecule has 4 heterocycles. The number of hydrogen-bond donors (Lipinski definition) is 1. The monoisotopic (exact) mass is 404 g/mol. The summed E-state index contributed by atoms with van der Waals surface area (Å²) in [6, 6.07) is 8.84. The molecule has 0 saturated carbocycles. The zero-order valence-electron chi connectivity index (χ0n) is 16.6. The number of amides is 2. The summed E-state index contributed by atoms with van der Waals surface area (Å²) in [6.45, 7) is 3.49. The smallest absolute Gasteiger partial charge is 0.286 e. The number of fused-ring (bicyclic) bond motifs is 2. The van der Waals surface area contributed by atoms with Gasteiger partial charge in [-0.25, -0.2) is 4.52 Å². The van der Waals surface area contributed by atoms with E-state index in [4.69, 9.17) is 9.15 Å². The molecule has 1 saturated heterocycles. The fourth-order valence-electron chi connectivity index (χ4n) is 3.65. The second kappa shape index (κ2) is 6.91. The maximum absolute atomic E-state index is 12.7. The molecule has 4 aromatic rings. The summed E-state index contributed by atoms with van der Waals surface area (Å²) in [5.41, 5.74) is 2.76. The lowest BCUT2D eigenvalue weighted by Gasteiger charge is -2.30. The number of furan rings is 1. The van der Waals surface area contributed by atoms with Gasteiger partial charge in [0.1, 0.15) is 16.8 Å². The average molecular weight is 404 g/mol. The summed E-state index contributed by atoms with van der Waals surface area (Å²) >= 11 is 0. The van der Waals surface area contributed by atoms with Crippen LogP contribution in [0.15, 0.2) is 47.1 Å². The van der Waals surface area contributed by atoms with Crippen molar-refractivity contribution in [1.82, 2.24) is 19.8 Å². The highest BCUT2D eigenvalue weighted by molar-refractivity contribution is 5.99. The molecule has 8 nitrogen and oxygen atoms in total. The molecular weight excluding hydrogens is 384 g/mol. The lowest BCUT2D eigenvalue weighted by Crippen LogP contribution is -2.42. The normalized spacial score (nSPS) is 13.5. The van der Waals surface area contributed by atoms with Gasteiger partial charge in [-0.1, -0.05) is 0 Å². The number of hydrogen-bond acceptors (Lipinski definition) is 5. The molecule has 0 bridgehead atoms. The van der Waals surface area contributed by atoms with Crippen LogP contribution in [-0.2, 0) is 0 Å². The van der Waals surface area contributed by atoms with E-state index in [0.29, 0.717) is 22.6 Å². The van der Waals surface area contributed by atoms with Crippen molar-refractivity contribution in [2.75, 3.05) is 20.1 Å². The highest BCUT2D eigenvalue weighted by Gasteiger charge is 2.26. The molecule has 5 rings (SSSR count). The molecule has 1 aliphatic heterocycles. The minimum Gasteiger partial charge on any atom is -0.455 e. The fourth-order valence-corrected chi connectivity index (χ4v) is 3.65. The molecule has 30 heavy (non-hydrogen) atoms. The van der Waals surface area contributed by atoms with Gasteiger partial charge in [-0.05, 0) is 37.1 Å². The Morgan fingerprint density at radius 3 is 2.77 bits per heavy atom. The first-order valence-corrected chi connectivity index (χ1v) is 9.75. The van der Waals surface area contributed by atoms with E-state index in [1.807, 2.05) is 24.0 Å². The third-order valence-corrected chi connectivity index (χ3v) is 5.43. The predicted octanol–water partition coefficient (Wildman–Crippen LogP) is 3.39. The molecule has 0 aliphatic carbocycles. The predicted molar refractivity (Wildman–Crippen MR) is 110 cm³/mol. The van der Waals surface area contributed by atoms with Gasteiger partial charge in [0, 0.05) is 43.9 Å². The van der Waals surface area contributed by atoms with Gasteiger partial charge >= 0.3 is 0 Å². The number of rotatable bonds is 4. The molecule has 1 aromatic carbocycles. The SMILES string of the molecule is CNC(=O)c1cc2ccc(Oc3ccnn4cc(C(=O)N5CCC5)c(C)c34)cc2o1. The number of likely N-dealkylation sites (tertiary alicyclic amines) is 1. The van der Waals surface area contributed by atoms with Crippen molar-refractivity contribution in [2.45, 2.75) is 13.3 Å². The van der Waals surface area contributed by atoms with Crippen LogP contribution in [0.25, 0.3) is 16.5 Å². The molecule has 1 N–H and O–H groups in total. The molecule has 8 heteroatoms. The van der Waals surface area contributed by atoms with Gasteiger partial charge in [-0.15, -0.1) is 0 Å². The Morgan fingerprint density at radius 1 is 1.20 bits per heavy atom. The maximum atomic E-state index is 12.7. The summed E-state index contributed by atoms with van der Waals surface area (Å²) < 4.78 is 13.4. The molecule has 0 atom stereocenters. The van der Waals surface area contributed by atoms with Gasteiger partial charge in [-0.3, -0.25) is 9.59 Å². The molecule has 0 unspecified atom stereocenters. The van der Waals surface area contributed by atoms with Crippen molar-refractivity contribution in [2.24, 2.45) is 0 Å². The van der Waals surface area contributed by atoms with Crippen molar-refractivity contribution in [3.8, 4) is 11.5 Å². The van der Waals surface area contributed by atoms with Gasteiger partial charge in [-0.2, -0.15) is 5.10 Å². The number of ether oxygens (including phenoxy) is 1. The summed E-state index contributed by atoms with van der Waals surface area (Å²) in [6.07, 6.45) is 4.43. The van der Waals surface area contributed by atoms with E-state index in [-0.39, 0.29) is 17.6 Å². The number of aromatic nitrogens is 2. The van der Waals surface area contributed by atoms with Crippen molar-refractivity contribution in [1.29, 1.82) is 0 Å². The molecule has 3 aromatic heterocycles. The van der Waals surface area contributed by atoms with Gasteiger partial charge < -0.3 is 19.4 Å². The van der Waals surface area contributed by atoms with Gasteiger partial charge in [0.2, 0.25) is 0 Å². The summed E-state index contributed by atoms with van der Waals surface area (Å²) in [5.74, 6) is 1.13. The average Bonchev–Trinajstić information content (AvgIpc) is 3.27. The van der Waals surface area contributed by atoms with Gasteiger partial charge in [0.15, 0.2) is 11.5 Å². The number of aryl methyl sites for hydroxylation is 1. The molecule has 152 valence electrons. The van der Waals surface area contributed by atoms with E-state index < -0.39 is 0 Å². The highest BCUT2D eigenvalue weighted by Crippen LogP contribution is 2.33. The fraction of sp³-hybridized carbons (Fsp3) is 0.227. The van der Waals surface area contributed by atoms with Crippen molar-refractivity contribution in [3.63, 3.8) is 0 Å². The maximum Gasteiger partial charge on any atom is 0.286 e. The summed E-state index contributed by atoms with van der Waals surface area (Å²) in [5, 5.41) is 7.69. The van der Waals surface area contributed by atoms with Crippen LogP contribution in [0.3, 0.4) is 0 Å². The number of nitrogens with one attached hydrogen (secondary N) is 1. The lowest BCUT2D eigenvalue weighted by molar-refractivity contribution is 0.0651. The second-order valence-electron chi connectivity index (χ2n) is 7.29. The van der Waals surface area contributed by atoms with Crippen LogP contribution >= 0.6 is 0 Å². The molecule has 1 aliphatic rings. The van der Waals surface area contributed by atoms with Gasteiger partial charge in [0.05, 0.1) is 11.8 Å². The van der Waals surface area contributed by atoms with Crippen LogP contribution in [-0.4, -0.2) is 46.5 Å². The van der Waals surface area contributed by atoms with Crippen molar-refractivity contribution < 1.29 is 18.7 Å². The van der Waals surface area contributed by atoms with Gasteiger partial charge in [0.25, 0.3) is 11.8 Å². The summed E-state index contributed by atoms with van der Waals surface area (Å²) in [7, 11) is 1.56. The number of nitrogens with zero attached hydrogens (tertiary/aromatic N) is 3. The van der Waals surface area contributed by atoms with Crippen molar-refractivity contribution in [3.05, 3.63) is 59.6 Å². The zero-order valence-corrected chi connectivity index (χ0v) is 16.6.